The van der Waals surface area contributed by atoms with Crippen LogP contribution in [0.3, 0.4) is 0 Å². The highest BCUT2D eigenvalue weighted by Gasteiger charge is 2.33. The van der Waals surface area contributed by atoms with Crippen LogP contribution in [0.15, 0.2) is 23.2 Å². The number of hydrogen-bond donors (Lipinski definition) is 1. The van der Waals surface area contributed by atoms with Crippen molar-refractivity contribution in [3.05, 3.63) is 28.1 Å². The lowest BCUT2D eigenvalue weighted by atomic mass is 10.2. The van der Waals surface area contributed by atoms with Gasteiger partial charge in [0.1, 0.15) is 5.70 Å². The number of hydrogen-bond acceptors (Lipinski definition) is 4. The van der Waals surface area contributed by atoms with Crippen LogP contribution < -0.4 is 5.32 Å². The molecule has 1 atom stereocenters. The maximum Gasteiger partial charge on any atom is 0.276 e. The number of thiocarbonyl (C=S) groups is 1. The summed E-state index contributed by atoms with van der Waals surface area (Å²) in [6.07, 6.45) is 4.01. The minimum absolute atomic E-state index is 0.0612. The fourth-order valence-electron chi connectivity index (χ4n) is 2.25. The molecule has 0 aromatic carbocycles. The van der Waals surface area contributed by atoms with Gasteiger partial charge in [0.05, 0.1) is 12.6 Å². The second-order valence-corrected chi connectivity index (χ2v) is 5.92. The largest absolute Gasteiger partial charge is 0.376 e. The molecule has 1 N–H and O–H groups in total. The van der Waals surface area contributed by atoms with Gasteiger partial charge in [-0.05, 0) is 42.6 Å². The van der Waals surface area contributed by atoms with Crippen LogP contribution in [-0.4, -0.2) is 35.2 Å². The van der Waals surface area contributed by atoms with Gasteiger partial charge in [-0.15, -0.1) is 11.3 Å². The SMILES string of the molecule is O=C1/C(=C/c2cccs2)NC(=S)N1C[C@@H]1CCCO1. The molecule has 3 heterocycles. The smallest absolute Gasteiger partial charge is 0.276 e. The third-order valence-corrected chi connectivity index (χ3v) is 4.34. The molecule has 0 aliphatic carbocycles. The number of carbonyl (C=O) groups excluding carboxylic acids is 1. The summed E-state index contributed by atoms with van der Waals surface area (Å²) in [7, 11) is 0. The lowest BCUT2D eigenvalue weighted by molar-refractivity contribution is -0.123. The quantitative estimate of drug-likeness (QED) is 0.684. The van der Waals surface area contributed by atoms with Gasteiger partial charge >= 0.3 is 0 Å². The minimum atomic E-state index is -0.0612. The zero-order valence-electron chi connectivity index (χ0n) is 10.3. The van der Waals surface area contributed by atoms with Gasteiger partial charge < -0.3 is 10.1 Å². The first-order valence-corrected chi connectivity index (χ1v) is 7.52. The monoisotopic (exact) mass is 294 g/mol. The van der Waals surface area contributed by atoms with Crippen molar-refractivity contribution in [1.29, 1.82) is 0 Å². The Bertz CT molecular complexity index is 519. The summed E-state index contributed by atoms with van der Waals surface area (Å²) >= 11 is 6.82. The second-order valence-electron chi connectivity index (χ2n) is 4.55. The van der Waals surface area contributed by atoms with Crippen molar-refractivity contribution in [2.24, 2.45) is 0 Å². The normalized spacial score (nSPS) is 25.4. The van der Waals surface area contributed by atoms with Crippen molar-refractivity contribution in [3.8, 4) is 0 Å². The summed E-state index contributed by atoms with van der Waals surface area (Å²) in [4.78, 5) is 14.9. The van der Waals surface area contributed by atoms with E-state index in [-0.39, 0.29) is 12.0 Å². The molecule has 2 saturated heterocycles. The summed E-state index contributed by atoms with van der Waals surface area (Å²) in [5, 5.41) is 5.44. The van der Waals surface area contributed by atoms with E-state index in [0.717, 1.165) is 24.3 Å². The number of nitrogens with zero attached hydrogens (tertiary/aromatic N) is 1. The molecule has 6 heteroatoms. The Balaban J connectivity index is 1.73. The summed E-state index contributed by atoms with van der Waals surface area (Å²) in [5.74, 6) is -0.0612. The molecule has 0 radical (unpaired) electrons. The van der Waals surface area contributed by atoms with Gasteiger partial charge in [0, 0.05) is 11.5 Å². The van der Waals surface area contributed by atoms with E-state index < -0.39 is 0 Å². The molecule has 0 bridgehead atoms. The highest BCUT2D eigenvalue weighted by Crippen LogP contribution is 2.20. The minimum Gasteiger partial charge on any atom is -0.376 e. The zero-order valence-corrected chi connectivity index (χ0v) is 11.9. The van der Waals surface area contributed by atoms with E-state index in [9.17, 15) is 4.79 Å². The lowest BCUT2D eigenvalue weighted by Gasteiger charge is -2.18. The van der Waals surface area contributed by atoms with Crippen LogP contribution in [0.1, 0.15) is 17.7 Å². The molecule has 0 spiro atoms. The second kappa shape index (κ2) is 5.40. The predicted molar refractivity (Wildman–Crippen MR) is 78.7 cm³/mol. The van der Waals surface area contributed by atoms with Gasteiger partial charge in [0.2, 0.25) is 0 Å². The topological polar surface area (TPSA) is 41.6 Å². The van der Waals surface area contributed by atoms with E-state index in [1.807, 2.05) is 23.6 Å². The summed E-state index contributed by atoms with van der Waals surface area (Å²) in [6.45, 7) is 1.33. The standard InChI is InChI=1S/C13H14N2O2S2/c16-12-11(7-10-4-2-6-19-10)14-13(18)15(12)8-9-3-1-5-17-9/h2,4,6-7,9H,1,3,5,8H2,(H,14,18)/b11-7-/t9-/m0/s1. The van der Waals surface area contributed by atoms with Crippen LogP contribution in [-0.2, 0) is 9.53 Å². The number of amides is 1. The zero-order chi connectivity index (χ0) is 13.2. The Morgan fingerprint density at radius 1 is 1.63 bits per heavy atom. The average molecular weight is 294 g/mol. The molecular formula is C13H14N2O2S2. The van der Waals surface area contributed by atoms with Crippen molar-refractivity contribution in [2.75, 3.05) is 13.2 Å². The third-order valence-electron chi connectivity index (χ3n) is 3.20. The molecular weight excluding hydrogens is 280 g/mol. The maximum absolute atomic E-state index is 12.3. The van der Waals surface area contributed by atoms with E-state index in [1.165, 1.54) is 0 Å². The first kappa shape index (κ1) is 12.8. The van der Waals surface area contributed by atoms with Gasteiger partial charge in [-0.3, -0.25) is 9.69 Å². The van der Waals surface area contributed by atoms with Crippen LogP contribution in [0, 0.1) is 0 Å². The molecule has 1 aromatic heterocycles. The van der Waals surface area contributed by atoms with Crippen LogP contribution in [0.5, 0.6) is 0 Å². The molecule has 1 amide bonds. The van der Waals surface area contributed by atoms with Crippen molar-refractivity contribution in [1.82, 2.24) is 10.2 Å². The van der Waals surface area contributed by atoms with E-state index in [2.05, 4.69) is 5.32 Å². The number of carbonyl (C=O) groups is 1. The molecule has 0 saturated carbocycles. The summed E-state index contributed by atoms with van der Waals surface area (Å²) in [5.41, 5.74) is 0.547. The van der Waals surface area contributed by atoms with Gasteiger partial charge in [0.25, 0.3) is 5.91 Å². The number of ether oxygens (including phenoxy) is 1. The van der Waals surface area contributed by atoms with Gasteiger partial charge in [0.15, 0.2) is 5.11 Å². The van der Waals surface area contributed by atoms with E-state index >= 15 is 0 Å². The molecule has 2 fully saturated rings. The predicted octanol–water partition coefficient (Wildman–Crippen LogP) is 1.98. The van der Waals surface area contributed by atoms with Crippen molar-refractivity contribution in [2.45, 2.75) is 18.9 Å². The molecule has 4 nitrogen and oxygen atoms in total. The lowest BCUT2D eigenvalue weighted by Crippen LogP contribution is -2.37. The Hall–Kier alpha value is -1.24. The Kier molecular flexibility index (Phi) is 3.63. The van der Waals surface area contributed by atoms with E-state index in [1.54, 1.807) is 16.2 Å². The Labute approximate surface area is 121 Å². The molecule has 100 valence electrons. The number of thiophene rings is 1. The van der Waals surface area contributed by atoms with Gasteiger partial charge in [-0.2, -0.15) is 0 Å². The van der Waals surface area contributed by atoms with Crippen LogP contribution in [0.25, 0.3) is 6.08 Å². The van der Waals surface area contributed by atoms with E-state index in [0.29, 0.717) is 17.4 Å². The number of rotatable bonds is 3. The first-order chi connectivity index (χ1) is 9.24. The molecule has 19 heavy (non-hydrogen) atoms. The van der Waals surface area contributed by atoms with Crippen molar-refractivity contribution >= 4 is 40.7 Å². The van der Waals surface area contributed by atoms with Crippen LogP contribution >= 0.6 is 23.6 Å². The number of nitrogens with one attached hydrogen (secondary N) is 1. The maximum atomic E-state index is 12.3. The highest BCUT2D eigenvalue weighted by molar-refractivity contribution is 7.80. The Morgan fingerprint density at radius 2 is 2.53 bits per heavy atom. The molecule has 2 aliphatic rings. The van der Waals surface area contributed by atoms with Crippen molar-refractivity contribution in [3.63, 3.8) is 0 Å². The molecule has 3 rings (SSSR count). The average Bonchev–Trinajstić information content (AvgIpc) is 3.10. The third kappa shape index (κ3) is 2.70. The highest BCUT2D eigenvalue weighted by atomic mass is 32.1. The van der Waals surface area contributed by atoms with Gasteiger partial charge in [-0.25, -0.2) is 0 Å². The summed E-state index contributed by atoms with van der Waals surface area (Å²) in [6, 6.07) is 3.93. The summed E-state index contributed by atoms with van der Waals surface area (Å²) < 4.78 is 5.55. The fourth-order valence-corrected chi connectivity index (χ4v) is 3.17. The fraction of sp³-hybridized carbons (Fsp3) is 0.385. The first-order valence-electron chi connectivity index (χ1n) is 6.24. The molecule has 1 aromatic rings. The molecule has 2 aliphatic heterocycles. The van der Waals surface area contributed by atoms with Crippen LogP contribution in [0.4, 0.5) is 0 Å². The van der Waals surface area contributed by atoms with Gasteiger partial charge in [-0.1, -0.05) is 6.07 Å². The van der Waals surface area contributed by atoms with Crippen LogP contribution in [0.2, 0.25) is 0 Å². The van der Waals surface area contributed by atoms with Crippen molar-refractivity contribution < 1.29 is 9.53 Å². The van der Waals surface area contributed by atoms with E-state index in [4.69, 9.17) is 17.0 Å². The Morgan fingerprint density at radius 3 is 3.21 bits per heavy atom. The molecule has 0 unspecified atom stereocenters.